The van der Waals surface area contributed by atoms with Gasteiger partial charge in [0.2, 0.25) is 5.91 Å². The highest BCUT2D eigenvalue weighted by Gasteiger charge is 2.22. The molecule has 180 valence electrons. The van der Waals surface area contributed by atoms with Crippen molar-refractivity contribution in [1.29, 1.82) is 0 Å². The van der Waals surface area contributed by atoms with Gasteiger partial charge in [-0.05, 0) is 44.4 Å². The fraction of sp³-hybridized carbons (Fsp3) is 0.304. The Morgan fingerprint density at radius 1 is 1.17 bits per heavy atom. The SMILES string of the molecule is C[C@H](Nc1ncnc2c1ncn2C1CCCCO1)C(=O)Nc1ccc(F)cc1Nc1cnccn1. The summed E-state index contributed by atoms with van der Waals surface area (Å²) in [6.45, 7) is 2.40. The lowest BCUT2D eigenvalue weighted by Gasteiger charge is -2.23. The van der Waals surface area contributed by atoms with E-state index in [1.165, 1.54) is 43.1 Å². The van der Waals surface area contributed by atoms with Crippen LogP contribution < -0.4 is 16.0 Å². The molecule has 0 aliphatic carbocycles. The van der Waals surface area contributed by atoms with Gasteiger partial charge in [-0.15, -0.1) is 0 Å². The van der Waals surface area contributed by atoms with Crippen LogP contribution in [0.25, 0.3) is 11.2 Å². The zero-order chi connectivity index (χ0) is 24.2. The first-order chi connectivity index (χ1) is 17.1. The number of ether oxygens (including phenoxy) is 1. The van der Waals surface area contributed by atoms with Crippen LogP contribution in [0, 0.1) is 5.82 Å². The van der Waals surface area contributed by atoms with Crippen molar-refractivity contribution in [1.82, 2.24) is 29.5 Å². The third-order valence-corrected chi connectivity index (χ3v) is 5.64. The number of nitrogens with one attached hydrogen (secondary N) is 3. The third kappa shape index (κ3) is 5.01. The molecule has 1 aliphatic heterocycles. The summed E-state index contributed by atoms with van der Waals surface area (Å²) in [7, 11) is 0. The van der Waals surface area contributed by atoms with Gasteiger partial charge in [-0.1, -0.05) is 0 Å². The summed E-state index contributed by atoms with van der Waals surface area (Å²) >= 11 is 0. The van der Waals surface area contributed by atoms with Gasteiger partial charge in [0.05, 0.1) is 23.9 Å². The van der Waals surface area contributed by atoms with E-state index in [2.05, 4.69) is 40.9 Å². The lowest BCUT2D eigenvalue weighted by atomic mass is 10.2. The summed E-state index contributed by atoms with van der Waals surface area (Å²) < 4.78 is 21.6. The molecular weight excluding hydrogens is 453 g/mol. The van der Waals surface area contributed by atoms with E-state index in [0.717, 1.165) is 19.3 Å². The number of benzene rings is 1. The molecule has 1 saturated heterocycles. The zero-order valence-electron chi connectivity index (χ0n) is 19.0. The van der Waals surface area contributed by atoms with E-state index >= 15 is 0 Å². The number of hydrogen-bond donors (Lipinski definition) is 3. The van der Waals surface area contributed by atoms with E-state index in [4.69, 9.17) is 4.74 Å². The predicted molar refractivity (Wildman–Crippen MR) is 128 cm³/mol. The molecule has 5 rings (SSSR count). The maximum absolute atomic E-state index is 13.9. The molecule has 1 aromatic carbocycles. The molecule has 4 aromatic rings. The van der Waals surface area contributed by atoms with Crippen LogP contribution in [-0.4, -0.2) is 48.0 Å². The normalized spacial score (nSPS) is 16.6. The second-order valence-electron chi connectivity index (χ2n) is 8.13. The van der Waals surface area contributed by atoms with E-state index in [-0.39, 0.29) is 12.1 Å². The van der Waals surface area contributed by atoms with Crippen LogP contribution in [0.3, 0.4) is 0 Å². The number of rotatable bonds is 7. The lowest BCUT2D eigenvalue weighted by molar-refractivity contribution is -0.116. The van der Waals surface area contributed by atoms with Crippen molar-refractivity contribution in [3.8, 4) is 0 Å². The molecule has 1 aliphatic rings. The molecule has 1 unspecified atom stereocenters. The number of halogens is 1. The van der Waals surface area contributed by atoms with Gasteiger partial charge in [-0.25, -0.2) is 24.3 Å². The Balaban J connectivity index is 1.32. The molecule has 1 fully saturated rings. The molecule has 0 spiro atoms. The average Bonchev–Trinajstić information content (AvgIpc) is 3.32. The molecule has 35 heavy (non-hydrogen) atoms. The maximum atomic E-state index is 13.9. The second-order valence-corrected chi connectivity index (χ2v) is 8.13. The number of imidazole rings is 1. The summed E-state index contributed by atoms with van der Waals surface area (Å²) in [5.41, 5.74) is 1.92. The highest BCUT2D eigenvalue weighted by molar-refractivity contribution is 5.99. The molecule has 1 amide bonds. The highest BCUT2D eigenvalue weighted by Crippen LogP contribution is 2.28. The smallest absolute Gasteiger partial charge is 0.246 e. The zero-order valence-corrected chi connectivity index (χ0v) is 19.0. The van der Waals surface area contributed by atoms with Gasteiger partial charge < -0.3 is 20.7 Å². The van der Waals surface area contributed by atoms with Crippen LogP contribution in [0.2, 0.25) is 0 Å². The monoisotopic (exact) mass is 477 g/mol. The molecule has 2 atom stereocenters. The molecule has 0 bridgehead atoms. The quantitative estimate of drug-likeness (QED) is 0.365. The number of amides is 1. The predicted octanol–water partition coefficient (Wildman–Crippen LogP) is 3.64. The van der Waals surface area contributed by atoms with Crippen molar-refractivity contribution in [3.05, 3.63) is 55.3 Å². The number of nitrogens with zero attached hydrogens (tertiary/aromatic N) is 6. The third-order valence-electron chi connectivity index (χ3n) is 5.64. The summed E-state index contributed by atoms with van der Waals surface area (Å²) in [6, 6.07) is 3.34. The highest BCUT2D eigenvalue weighted by atomic mass is 19.1. The molecule has 11 nitrogen and oxygen atoms in total. The fourth-order valence-electron chi connectivity index (χ4n) is 3.85. The molecule has 3 aromatic heterocycles. The van der Waals surface area contributed by atoms with Crippen LogP contribution in [0.1, 0.15) is 32.4 Å². The van der Waals surface area contributed by atoms with E-state index in [0.29, 0.717) is 40.8 Å². The van der Waals surface area contributed by atoms with Gasteiger partial charge in [0, 0.05) is 19.0 Å². The fourth-order valence-corrected chi connectivity index (χ4v) is 3.85. The molecule has 3 N–H and O–H groups in total. The van der Waals surface area contributed by atoms with Gasteiger partial charge >= 0.3 is 0 Å². The van der Waals surface area contributed by atoms with Crippen molar-refractivity contribution < 1.29 is 13.9 Å². The standard InChI is InChI=1S/C23H24FN9O2/c1-14(23(34)32-16-6-5-15(24)10-17(16)31-18-11-25-7-8-26-18)30-21-20-22(28-12-27-21)33(13-29-20)19-4-2-3-9-35-19/h5-8,10-14,19H,2-4,9H2,1H3,(H,26,31)(H,32,34)(H,27,28,30)/t14-,19?/m0/s1. The largest absolute Gasteiger partial charge is 0.358 e. The number of aromatic nitrogens is 6. The van der Waals surface area contributed by atoms with Crippen LogP contribution in [-0.2, 0) is 9.53 Å². The number of hydrogen-bond acceptors (Lipinski definition) is 9. The Labute approximate surface area is 200 Å². The Morgan fingerprint density at radius 3 is 2.89 bits per heavy atom. The molecule has 12 heteroatoms. The van der Waals surface area contributed by atoms with Gasteiger partial charge in [-0.2, -0.15) is 0 Å². The van der Waals surface area contributed by atoms with Crippen molar-refractivity contribution in [3.63, 3.8) is 0 Å². The van der Waals surface area contributed by atoms with E-state index < -0.39 is 11.9 Å². The summed E-state index contributed by atoms with van der Waals surface area (Å²) in [6.07, 6.45) is 10.6. The minimum Gasteiger partial charge on any atom is -0.358 e. The Morgan fingerprint density at radius 2 is 2.09 bits per heavy atom. The summed E-state index contributed by atoms with van der Waals surface area (Å²) in [4.78, 5) is 34.2. The first-order valence-corrected chi connectivity index (χ1v) is 11.3. The Hall–Kier alpha value is -4.19. The Kier molecular flexibility index (Phi) is 6.44. The first kappa shape index (κ1) is 22.6. The van der Waals surface area contributed by atoms with E-state index in [1.54, 1.807) is 13.3 Å². The van der Waals surface area contributed by atoms with Crippen LogP contribution >= 0.6 is 0 Å². The maximum Gasteiger partial charge on any atom is 0.246 e. The number of fused-ring (bicyclic) bond motifs is 1. The van der Waals surface area contributed by atoms with Crippen molar-refractivity contribution >= 4 is 40.1 Å². The van der Waals surface area contributed by atoms with Crippen molar-refractivity contribution in [2.75, 3.05) is 22.6 Å². The molecule has 0 radical (unpaired) electrons. The van der Waals surface area contributed by atoms with Crippen molar-refractivity contribution in [2.45, 2.75) is 38.5 Å². The summed E-state index contributed by atoms with van der Waals surface area (Å²) in [5, 5.41) is 8.89. The van der Waals surface area contributed by atoms with Gasteiger partial charge in [-0.3, -0.25) is 14.3 Å². The van der Waals surface area contributed by atoms with E-state index in [1.807, 2.05) is 4.57 Å². The topological polar surface area (TPSA) is 132 Å². The number of carbonyl (C=O) groups excluding carboxylic acids is 1. The van der Waals surface area contributed by atoms with Gasteiger partial charge in [0.1, 0.15) is 30.2 Å². The molecule has 0 saturated carbocycles. The second kappa shape index (κ2) is 9.97. The number of anilines is 4. The van der Waals surface area contributed by atoms with Crippen LogP contribution in [0.5, 0.6) is 0 Å². The lowest BCUT2D eigenvalue weighted by Crippen LogP contribution is -2.32. The van der Waals surface area contributed by atoms with Crippen molar-refractivity contribution in [2.24, 2.45) is 0 Å². The van der Waals surface area contributed by atoms with Gasteiger partial charge in [0.15, 0.2) is 17.0 Å². The number of carbonyl (C=O) groups is 1. The minimum atomic E-state index is -0.682. The average molecular weight is 478 g/mol. The minimum absolute atomic E-state index is 0.115. The van der Waals surface area contributed by atoms with E-state index in [9.17, 15) is 9.18 Å². The van der Waals surface area contributed by atoms with Crippen LogP contribution in [0.15, 0.2) is 49.4 Å². The summed E-state index contributed by atoms with van der Waals surface area (Å²) in [5.74, 6) is 0.0481. The first-order valence-electron chi connectivity index (χ1n) is 11.3. The van der Waals surface area contributed by atoms with Crippen LogP contribution in [0.4, 0.5) is 27.4 Å². The van der Waals surface area contributed by atoms with Gasteiger partial charge in [0.25, 0.3) is 0 Å². The Bertz CT molecular complexity index is 1330. The molecule has 4 heterocycles. The molecular formula is C23H24FN9O2.